The van der Waals surface area contributed by atoms with Crippen molar-refractivity contribution in [3.8, 4) is 0 Å². The first-order chi connectivity index (χ1) is 20.3. The van der Waals surface area contributed by atoms with Crippen molar-refractivity contribution in [1.29, 1.82) is 0 Å². The molecule has 2 aliphatic rings. The third kappa shape index (κ3) is 6.43. The molecule has 2 fully saturated rings. The number of para-hydroxylation sites is 1. The zero-order valence-corrected chi connectivity index (χ0v) is 24.4. The molecule has 0 atom stereocenters. The fourth-order valence-corrected chi connectivity index (χ4v) is 7.21. The van der Waals surface area contributed by atoms with Crippen molar-refractivity contribution in [2.75, 3.05) is 19.6 Å². The summed E-state index contributed by atoms with van der Waals surface area (Å²) in [4.78, 5) is 17.1. The van der Waals surface area contributed by atoms with Crippen molar-refractivity contribution >= 4 is 16.8 Å². The number of benzene rings is 3. The Kier molecular flexibility index (Phi) is 9.17. The summed E-state index contributed by atoms with van der Waals surface area (Å²) in [6, 6.07) is 30.4. The van der Waals surface area contributed by atoms with Crippen LogP contribution in [0.2, 0.25) is 0 Å². The molecule has 214 valence electrons. The minimum absolute atomic E-state index is 0.0250. The maximum Gasteiger partial charge on any atom is 0.268 e. The lowest BCUT2D eigenvalue weighted by atomic mass is 9.83. The number of hydrogen-bond donors (Lipinski definition) is 1. The Morgan fingerprint density at radius 2 is 1.29 bits per heavy atom. The Morgan fingerprint density at radius 3 is 1.95 bits per heavy atom. The number of carbonyl (C=O) groups is 1. The van der Waals surface area contributed by atoms with Gasteiger partial charge in [0.05, 0.1) is 0 Å². The molecule has 1 saturated heterocycles. The van der Waals surface area contributed by atoms with Crippen LogP contribution in [0.25, 0.3) is 10.9 Å². The summed E-state index contributed by atoms with van der Waals surface area (Å²) in [6.07, 6.45) is 12.0. The van der Waals surface area contributed by atoms with Gasteiger partial charge < -0.3 is 14.8 Å². The fourth-order valence-electron chi connectivity index (χ4n) is 7.21. The minimum Gasteiger partial charge on any atom is -0.348 e. The van der Waals surface area contributed by atoms with Gasteiger partial charge in [-0.15, -0.1) is 0 Å². The van der Waals surface area contributed by atoms with Crippen LogP contribution in [0.1, 0.15) is 97.3 Å². The van der Waals surface area contributed by atoms with Gasteiger partial charge in [0.1, 0.15) is 5.69 Å². The Morgan fingerprint density at radius 1 is 0.707 bits per heavy atom. The largest absolute Gasteiger partial charge is 0.348 e. The van der Waals surface area contributed by atoms with Crippen LogP contribution in [0, 0.1) is 0 Å². The molecule has 0 spiro atoms. The van der Waals surface area contributed by atoms with E-state index in [2.05, 4.69) is 99.7 Å². The highest BCUT2D eigenvalue weighted by atomic mass is 16.2. The molecule has 1 aliphatic carbocycles. The number of unbranched alkanes of at least 4 members (excludes halogenated alkanes) is 1. The maximum atomic E-state index is 14.5. The lowest BCUT2D eigenvalue weighted by Gasteiger charge is -2.23. The first kappa shape index (κ1) is 27.8. The molecule has 1 aromatic heterocycles. The number of rotatable bonds is 10. The first-order valence-electron chi connectivity index (χ1n) is 16.0. The molecule has 1 aliphatic heterocycles. The summed E-state index contributed by atoms with van der Waals surface area (Å²) in [5.41, 5.74) is 5.61. The van der Waals surface area contributed by atoms with E-state index in [4.69, 9.17) is 0 Å². The Bertz CT molecular complexity index is 1360. The minimum atomic E-state index is -0.0250. The van der Waals surface area contributed by atoms with E-state index in [1.165, 1.54) is 73.6 Å². The number of amides is 1. The molecule has 0 bridgehead atoms. The highest BCUT2D eigenvalue weighted by Crippen LogP contribution is 2.40. The number of carbonyl (C=O) groups excluding carboxylic acids is 1. The van der Waals surface area contributed by atoms with E-state index in [-0.39, 0.29) is 17.9 Å². The molecule has 3 aromatic carbocycles. The molecular weight excluding hydrogens is 502 g/mol. The van der Waals surface area contributed by atoms with E-state index in [1.54, 1.807) is 0 Å². The monoisotopic (exact) mass is 547 g/mol. The van der Waals surface area contributed by atoms with Gasteiger partial charge in [-0.25, -0.2) is 0 Å². The second kappa shape index (κ2) is 13.5. The topological polar surface area (TPSA) is 37.3 Å². The maximum absolute atomic E-state index is 14.5. The van der Waals surface area contributed by atoms with Gasteiger partial charge in [0.25, 0.3) is 5.91 Å². The van der Waals surface area contributed by atoms with Gasteiger partial charge in [-0.3, -0.25) is 4.79 Å². The Hall–Kier alpha value is -3.37. The van der Waals surface area contributed by atoms with E-state index in [0.717, 1.165) is 50.0 Å². The average molecular weight is 548 g/mol. The normalized spacial score (nSPS) is 16.8. The third-order valence-electron chi connectivity index (χ3n) is 9.27. The molecule has 4 nitrogen and oxygen atoms in total. The molecular formula is C37H45N3O. The number of aryl methyl sites for hydroxylation is 1. The predicted molar refractivity (Wildman–Crippen MR) is 170 cm³/mol. The van der Waals surface area contributed by atoms with E-state index >= 15 is 0 Å². The van der Waals surface area contributed by atoms with Crippen LogP contribution in [0.5, 0.6) is 0 Å². The van der Waals surface area contributed by atoms with Crippen molar-refractivity contribution in [1.82, 2.24) is 14.8 Å². The van der Waals surface area contributed by atoms with Gasteiger partial charge in [0.15, 0.2) is 0 Å². The second-order valence-corrected chi connectivity index (χ2v) is 12.1. The van der Waals surface area contributed by atoms with Gasteiger partial charge in [0, 0.05) is 35.0 Å². The van der Waals surface area contributed by atoms with Crippen LogP contribution >= 0.6 is 0 Å². The summed E-state index contributed by atoms with van der Waals surface area (Å²) in [7, 11) is 0. The van der Waals surface area contributed by atoms with E-state index in [1.807, 2.05) is 0 Å². The summed E-state index contributed by atoms with van der Waals surface area (Å²) in [5.74, 6) is 0.0718. The van der Waals surface area contributed by atoms with Gasteiger partial charge in [0.2, 0.25) is 0 Å². The smallest absolute Gasteiger partial charge is 0.268 e. The van der Waals surface area contributed by atoms with E-state index in [0.29, 0.717) is 0 Å². The molecule has 4 heteroatoms. The van der Waals surface area contributed by atoms with Crippen molar-refractivity contribution in [2.45, 2.75) is 82.7 Å². The van der Waals surface area contributed by atoms with Gasteiger partial charge in [-0.1, -0.05) is 105 Å². The summed E-state index contributed by atoms with van der Waals surface area (Å²) >= 11 is 0. The number of nitrogens with one attached hydrogen (secondary N) is 1. The molecule has 0 radical (unpaired) electrons. The number of likely N-dealkylation sites (tertiary alicyclic amines) is 1. The zero-order valence-electron chi connectivity index (χ0n) is 24.4. The Labute approximate surface area is 245 Å². The van der Waals surface area contributed by atoms with Crippen LogP contribution in [-0.4, -0.2) is 41.1 Å². The van der Waals surface area contributed by atoms with Crippen LogP contribution in [0.4, 0.5) is 0 Å². The average Bonchev–Trinajstić information content (AvgIpc) is 3.56. The molecule has 0 unspecified atom stereocenters. The Balaban J connectivity index is 1.44. The molecule has 6 rings (SSSR count). The highest BCUT2D eigenvalue weighted by molar-refractivity contribution is 6.03. The number of hydrogen-bond acceptors (Lipinski definition) is 2. The van der Waals surface area contributed by atoms with Crippen molar-refractivity contribution in [3.63, 3.8) is 0 Å². The fraction of sp³-hybridized carbons (Fsp3) is 0.432. The second-order valence-electron chi connectivity index (χ2n) is 12.1. The molecule has 2 heterocycles. The molecule has 1 N–H and O–H groups in total. The number of fused-ring (bicyclic) bond motifs is 1. The van der Waals surface area contributed by atoms with E-state index < -0.39 is 0 Å². The summed E-state index contributed by atoms with van der Waals surface area (Å²) in [5, 5.41) is 4.73. The summed E-state index contributed by atoms with van der Waals surface area (Å²) < 4.78 is 2.36. The summed E-state index contributed by atoms with van der Waals surface area (Å²) in [6.45, 7) is 4.49. The van der Waals surface area contributed by atoms with Crippen LogP contribution < -0.4 is 5.32 Å². The highest BCUT2D eigenvalue weighted by Gasteiger charge is 2.31. The number of nitrogens with zero attached hydrogens (tertiary/aromatic N) is 2. The zero-order chi connectivity index (χ0) is 27.9. The number of aromatic nitrogens is 1. The SMILES string of the molecule is O=C(NC1CCCCCC1)c1c(C(c2ccccc2)c2ccccc2)c2ccccc2n1CCCCN1CCCC1. The van der Waals surface area contributed by atoms with Crippen LogP contribution in [0.3, 0.4) is 0 Å². The van der Waals surface area contributed by atoms with Gasteiger partial charge >= 0.3 is 0 Å². The van der Waals surface area contributed by atoms with Crippen molar-refractivity contribution in [2.24, 2.45) is 0 Å². The quantitative estimate of drug-likeness (QED) is 0.161. The first-order valence-corrected chi connectivity index (χ1v) is 16.0. The van der Waals surface area contributed by atoms with Crippen molar-refractivity contribution in [3.05, 3.63) is 107 Å². The predicted octanol–water partition coefficient (Wildman–Crippen LogP) is 8.15. The lowest BCUT2D eigenvalue weighted by Crippen LogP contribution is -2.36. The molecule has 41 heavy (non-hydrogen) atoms. The van der Waals surface area contributed by atoms with Crippen LogP contribution in [0.15, 0.2) is 84.9 Å². The van der Waals surface area contributed by atoms with Crippen LogP contribution in [-0.2, 0) is 6.54 Å². The van der Waals surface area contributed by atoms with Crippen molar-refractivity contribution < 1.29 is 4.79 Å². The van der Waals surface area contributed by atoms with E-state index in [9.17, 15) is 4.79 Å². The third-order valence-corrected chi connectivity index (χ3v) is 9.27. The van der Waals surface area contributed by atoms with Gasteiger partial charge in [-0.05, 0) is 75.4 Å². The van der Waals surface area contributed by atoms with Gasteiger partial charge in [-0.2, -0.15) is 0 Å². The molecule has 1 saturated carbocycles. The molecule has 4 aromatic rings. The molecule has 1 amide bonds. The standard InChI is InChI=1S/C37H45N3O/c41-37(38-31-21-9-1-2-10-22-31)36-35(34(29-17-5-3-6-18-29)30-19-7-4-8-20-30)32-23-11-12-24-33(32)40(36)28-16-15-27-39-25-13-14-26-39/h3-8,11-12,17-20,23-24,31,34H,1-2,9-10,13-16,21-22,25-28H2,(H,38,41). The lowest BCUT2D eigenvalue weighted by molar-refractivity contribution is 0.0923.